The van der Waals surface area contributed by atoms with Crippen molar-refractivity contribution in [2.75, 3.05) is 11.1 Å². The zero-order chi connectivity index (χ0) is 21.0. The van der Waals surface area contributed by atoms with Gasteiger partial charge in [-0.3, -0.25) is 4.79 Å². The van der Waals surface area contributed by atoms with Gasteiger partial charge in [-0.15, -0.1) is 10.2 Å². The number of halogens is 2. The molecule has 1 amide bonds. The second kappa shape index (κ2) is 9.52. The number of hydrogen-bond donors (Lipinski definition) is 1. The summed E-state index contributed by atoms with van der Waals surface area (Å²) < 4.78 is 7.68. The van der Waals surface area contributed by atoms with E-state index in [2.05, 4.69) is 21.6 Å². The number of aryl methyl sites for hydroxylation is 2. The zero-order valence-electron chi connectivity index (χ0n) is 16.2. The smallest absolute Gasteiger partial charge is 0.234 e. The summed E-state index contributed by atoms with van der Waals surface area (Å²) in [5.74, 6) is 1.46. The average Bonchev–Trinajstić information content (AvgIpc) is 3.01. The van der Waals surface area contributed by atoms with Crippen molar-refractivity contribution in [1.82, 2.24) is 14.8 Å². The number of thioether (sulfide) groups is 1. The number of benzene rings is 2. The molecule has 0 fully saturated rings. The third-order valence-electron chi connectivity index (χ3n) is 4.15. The summed E-state index contributed by atoms with van der Waals surface area (Å²) in [5, 5.41) is 12.6. The number of rotatable bonds is 7. The lowest BCUT2D eigenvalue weighted by Crippen LogP contribution is -2.15. The Hall–Kier alpha value is -2.22. The van der Waals surface area contributed by atoms with Crippen molar-refractivity contribution in [2.45, 2.75) is 25.6 Å². The first kappa shape index (κ1) is 21.5. The number of anilines is 1. The van der Waals surface area contributed by atoms with Crippen molar-refractivity contribution >= 4 is 46.6 Å². The van der Waals surface area contributed by atoms with Crippen LogP contribution in [0.15, 0.2) is 41.6 Å². The van der Waals surface area contributed by atoms with Gasteiger partial charge in [0, 0.05) is 12.1 Å². The molecule has 6 nitrogen and oxygen atoms in total. The maximum absolute atomic E-state index is 12.2. The SMILES string of the molecule is Cc1ccc(OCc2nnc(SCC(=O)Nc3ccc(Cl)cc3Cl)n2C)c(C)c1. The van der Waals surface area contributed by atoms with Crippen molar-refractivity contribution in [1.29, 1.82) is 0 Å². The molecule has 0 unspecified atom stereocenters. The summed E-state index contributed by atoms with van der Waals surface area (Å²) in [6, 6.07) is 10.9. The fourth-order valence-electron chi connectivity index (χ4n) is 2.61. The van der Waals surface area contributed by atoms with Crippen molar-refractivity contribution in [2.24, 2.45) is 7.05 Å². The molecule has 2 aromatic carbocycles. The lowest BCUT2D eigenvalue weighted by atomic mass is 10.1. The molecule has 0 spiro atoms. The van der Waals surface area contributed by atoms with Crippen molar-refractivity contribution < 1.29 is 9.53 Å². The van der Waals surface area contributed by atoms with E-state index in [4.69, 9.17) is 27.9 Å². The normalized spacial score (nSPS) is 10.8. The topological polar surface area (TPSA) is 69.0 Å². The highest BCUT2D eigenvalue weighted by molar-refractivity contribution is 7.99. The fourth-order valence-corrected chi connectivity index (χ4v) is 3.79. The number of hydrogen-bond acceptors (Lipinski definition) is 5. The molecular formula is C20H20Cl2N4O2S. The average molecular weight is 451 g/mol. The summed E-state index contributed by atoms with van der Waals surface area (Å²) in [4.78, 5) is 12.2. The predicted octanol–water partition coefficient (Wildman–Crippen LogP) is 5.05. The van der Waals surface area contributed by atoms with Gasteiger partial charge in [0.2, 0.25) is 5.91 Å². The number of nitrogens with one attached hydrogen (secondary N) is 1. The second-order valence-corrected chi connectivity index (χ2v) is 8.26. The standard InChI is InChI=1S/C20H20Cl2N4O2S/c1-12-4-7-17(13(2)8-12)28-10-18-24-25-20(26(18)3)29-11-19(27)23-16-6-5-14(21)9-15(16)22/h4-9H,10-11H2,1-3H3,(H,23,27). The first-order valence-electron chi connectivity index (χ1n) is 8.79. The largest absolute Gasteiger partial charge is 0.485 e. The monoisotopic (exact) mass is 450 g/mol. The molecule has 0 saturated carbocycles. The maximum Gasteiger partial charge on any atom is 0.234 e. The number of aromatic nitrogens is 3. The molecule has 0 aliphatic rings. The molecule has 0 atom stereocenters. The van der Waals surface area contributed by atoms with Crippen molar-refractivity contribution in [3.05, 3.63) is 63.4 Å². The lowest BCUT2D eigenvalue weighted by Gasteiger charge is -2.10. The Morgan fingerprint density at radius 3 is 2.69 bits per heavy atom. The number of carbonyl (C=O) groups is 1. The lowest BCUT2D eigenvalue weighted by molar-refractivity contribution is -0.113. The van der Waals surface area contributed by atoms with Gasteiger partial charge >= 0.3 is 0 Å². The molecule has 1 heterocycles. The van der Waals surface area contributed by atoms with Crippen LogP contribution in [0, 0.1) is 13.8 Å². The first-order valence-corrected chi connectivity index (χ1v) is 10.5. The number of ether oxygens (including phenoxy) is 1. The molecular weight excluding hydrogens is 431 g/mol. The van der Waals surface area contributed by atoms with E-state index in [0.29, 0.717) is 33.3 Å². The molecule has 0 radical (unpaired) electrons. The highest BCUT2D eigenvalue weighted by Crippen LogP contribution is 2.26. The quantitative estimate of drug-likeness (QED) is 0.510. The van der Waals surface area contributed by atoms with Gasteiger partial charge in [-0.1, -0.05) is 52.7 Å². The summed E-state index contributed by atoms with van der Waals surface area (Å²) >= 11 is 13.2. The van der Waals surface area contributed by atoms with E-state index in [1.807, 2.05) is 37.6 Å². The van der Waals surface area contributed by atoms with E-state index >= 15 is 0 Å². The van der Waals surface area contributed by atoms with Crippen molar-refractivity contribution in [3.63, 3.8) is 0 Å². The van der Waals surface area contributed by atoms with E-state index in [9.17, 15) is 4.79 Å². The van der Waals surface area contributed by atoms with Crippen LogP contribution in [0.3, 0.4) is 0 Å². The molecule has 3 rings (SSSR count). The molecule has 29 heavy (non-hydrogen) atoms. The molecule has 0 aliphatic carbocycles. The van der Waals surface area contributed by atoms with Crippen LogP contribution in [0.5, 0.6) is 5.75 Å². The Bertz CT molecular complexity index is 1040. The summed E-state index contributed by atoms with van der Waals surface area (Å²) in [5.41, 5.74) is 2.77. The number of amides is 1. The Balaban J connectivity index is 1.55. The van der Waals surface area contributed by atoms with E-state index in [1.54, 1.807) is 18.2 Å². The molecule has 0 saturated heterocycles. The van der Waals surface area contributed by atoms with Gasteiger partial charge in [-0.2, -0.15) is 0 Å². The van der Waals surface area contributed by atoms with Crippen LogP contribution in [-0.4, -0.2) is 26.4 Å². The number of carbonyl (C=O) groups excluding carboxylic acids is 1. The predicted molar refractivity (Wildman–Crippen MR) is 117 cm³/mol. The molecule has 1 N–H and O–H groups in total. The van der Waals surface area contributed by atoms with Crippen LogP contribution in [0.2, 0.25) is 10.0 Å². The van der Waals surface area contributed by atoms with E-state index < -0.39 is 0 Å². The van der Waals surface area contributed by atoms with E-state index in [1.165, 1.54) is 17.3 Å². The molecule has 152 valence electrons. The van der Waals surface area contributed by atoms with E-state index in [-0.39, 0.29) is 11.7 Å². The minimum Gasteiger partial charge on any atom is -0.485 e. The Kier molecular flexibility index (Phi) is 7.05. The highest BCUT2D eigenvalue weighted by Gasteiger charge is 2.13. The van der Waals surface area contributed by atoms with Crippen LogP contribution in [0.25, 0.3) is 0 Å². The minimum atomic E-state index is -0.199. The molecule has 9 heteroatoms. The zero-order valence-corrected chi connectivity index (χ0v) is 18.5. The third-order valence-corrected chi connectivity index (χ3v) is 5.72. The van der Waals surface area contributed by atoms with Gasteiger partial charge in [0.25, 0.3) is 0 Å². The van der Waals surface area contributed by atoms with Crippen LogP contribution in [0.4, 0.5) is 5.69 Å². The second-order valence-electron chi connectivity index (χ2n) is 6.48. The maximum atomic E-state index is 12.2. The third kappa shape index (κ3) is 5.65. The minimum absolute atomic E-state index is 0.170. The Morgan fingerprint density at radius 1 is 1.17 bits per heavy atom. The van der Waals surface area contributed by atoms with Gasteiger partial charge in [0.15, 0.2) is 11.0 Å². The Morgan fingerprint density at radius 2 is 1.97 bits per heavy atom. The van der Waals surface area contributed by atoms with Gasteiger partial charge < -0.3 is 14.6 Å². The van der Waals surface area contributed by atoms with Crippen LogP contribution in [0.1, 0.15) is 17.0 Å². The van der Waals surface area contributed by atoms with Gasteiger partial charge in [0.05, 0.1) is 16.5 Å². The van der Waals surface area contributed by atoms with Gasteiger partial charge in [-0.05, 0) is 43.7 Å². The van der Waals surface area contributed by atoms with Crippen LogP contribution >= 0.6 is 35.0 Å². The first-order chi connectivity index (χ1) is 13.8. The Labute approximate surface area is 183 Å². The van der Waals surface area contributed by atoms with Gasteiger partial charge in [0.1, 0.15) is 12.4 Å². The fraction of sp³-hybridized carbons (Fsp3) is 0.250. The molecule has 0 bridgehead atoms. The van der Waals surface area contributed by atoms with Gasteiger partial charge in [-0.25, -0.2) is 0 Å². The number of nitrogens with zero attached hydrogens (tertiary/aromatic N) is 3. The van der Waals surface area contributed by atoms with Crippen LogP contribution in [-0.2, 0) is 18.4 Å². The summed E-state index contributed by atoms with van der Waals surface area (Å²) in [6.45, 7) is 4.34. The molecule has 0 aliphatic heterocycles. The molecule has 1 aromatic heterocycles. The summed E-state index contributed by atoms with van der Waals surface area (Å²) in [7, 11) is 1.84. The van der Waals surface area contributed by atoms with E-state index in [0.717, 1.165) is 11.3 Å². The van der Waals surface area contributed by atoms with Crippen molar-refractivity contribution in [3.8, 4) is 5.75 Å². The van der Waals surface area contributed by atoms with Crippen LogP contribution < -0.4 is 10.1 Å². The summed E-state index contributed by atoms with van der Waals surface area (Å²) in [6.07, 6.45) is 0. The highest BCUT2D eigenvalue weighted by atomic mass is 35.5. The molecule has 3 aromatic rings.